The van der Waals surface area contributed by atoms with Crippen molar-refractivity contribution in [2.24, 2.45) is 5.92 Å². The first-order valence-electron chi connectivity index (χ1n) is 8.52. The molecule has 0 unspecified atom stereocenters. The quantitative estimate of drug-likeness (QED) is 0.864. The second-order valence-corrected chi connectivity index (χ2v) is 6.73. The summed E-state index contributed by atoms with van der Waals surface area (Å²) in [5.74, 6) is -0.0436. The Morgan fingerprint density at radius 1 is 1.21 bits per heavy atom. The van der Waals surface area contributed by atoms with Gasteiger partial charge in [-0.3, -0.25) is 14.5 Å². The minimum Gasteiger partial charge on any atom is -0.387 e. The van der Waals surface area contributed by atoms with Gasteiger partial charge >= 0.3 is 0 Å². The monoisotopic (exact) mass is 331 g/mol. The molecule has 1 aromatic carbocycles. The standard InChI is InChI=1S/C18H25N3O3/c1-19-12-15(11-17(19)23)18(24)21-9-7-20(8-10-21)13-16(22)14-5-3-2-4-6-14/h2-6,15-16,22H,7-13H2,1H3/t15-,16+/m0/s1. The van der Waals surface area contributed by atoms with Crippen molar-refractivity contribution < 1.29 is 14.7 Å². The van der Waals surface area contributed by atoms with E-state index in [4.69, 9.17) is 0 Å². The zero-order chi connectivity index (χ0) is 17.1. The number of aliphatic hydroxyl groups excluding tert-OH is 1. The van der Waals surface area contributed by atoms with E-state index < -0.39 is 6.10 Å². The number of aliphatic hydroxyl groups is 1. The summed E-state index contributed by atoms with van der Waals surface area (Å²) < 4.78 is 0. The van der Waals surface area contributed by atoms with Crippen molar-refractivity contribution in [3.63, 3.8) is 0 Å². The minimum absolute atomic E-state index is 0.0537. The third-order valence-corrected chi connectivity index (χ3v) is 4.99. The summed E-state index contributed by atoms with van der Waals surface area (Å²) in [6, 6.07) is 9.64. The van der Waals surface area contributed by atoms with Crippen molar-refractivity contribution >= 4 is 11.8 Å². The van der Waals surface area contributed by atoms with E-state index >= 15 is 0 Å². The molecule has 0 saturated carbocycles. The fraction of sp³-hybridized carbons (Fsp3) is 0.556. The minimum atomic E-state index is -0.505. The highest BCUT2D eigenvalue weighted by Crippen LogP contribution is 2.20. The molecule has 2 aliphatic rings. The largest absolute Gasteiger partial charge is 0.387 e. The summed E-state index contributed by atoms with van der Waals surface area (Å²) in [4.78, 5) is 29.8. The van der Waals surface area contributed by atoms with Crippen molar-refractivity contribution in [2.45, 2.75) is 12.5 Å². The Balaban J connectivity index is 1.47. The van der Waals surface area contributed by atoms with Crippen LogP contribution in [0.2, 0.25) is 0 Å². The Labute approximate surface area is 142 Å². The molecule has 0 spiro atoms. The van der Waals surface area contributed by atoms with Crippen LogP contribution in [0.4, 0.5) is 0 Å². The van der Waals surface area contributed by atoms with E-state index in [0.717, 1.165) is 18.7 Å². The van der Waals surface area contributed by atoms with Crippen LogP contribution in [0.25, 0.3) is 0 Å². The van der Waals surface area contributed by atoms with Crippen molar-refractivity contribution in [2.75, 3.05) is 46.3 Å². The predicted molar refractivity (Wildman–Crippen MR) is 90.2 cm³/mol. The predicted octanol–water partition coefficient (Wildman–Crippen LogP) is 0.343. The van der Waals surface area contributed by atoms with Gasteiger partial charge in [-0.05, 0) is 5.56 Å². The first-order chi connectivity index (χ1) is 11.5. The van der Waals surface area contributed by atoms with Crippen LogP contribution < -0.4 is 0 Å². The van der Waals surface area contributed by atoms with Crippen LogP contribution in [0, 0.1) is 5.92 Å². The lowest BCUT2D eigenvalue weighted by Crippen LogP contribution is -2.51. The third-order valence-electron chi connectivity index (χ3n) is 4.99. The van der Waals surface area contributed by atoms with Crippen LogP contribution in [0.5, 0.6) is 0 Å². The molecule has 0 aromatic heterocycles. The average Bonchev–Trinajstić information content (AvgIpc) is 2.95. The molecule has 2 atom stereocenters. The molecule has 2 aliphatic heterocycles. The smallest absolute Gasteiger partial charge is 0.228 e. The number of benzene rings is 1. The lowest BCUT2D eigenvalue weighted by molar-refractivity contribution is -0.137. The molecule has 0 aliphatic carbocycles. The molecule has 130 valence electrons. The molecular weight excluding hydrogens is 306 g/mol. The Morgan fingerprint density at radius 2 is 1.88 bits per heavy atom. The Morgan fingerprint density at radius 3 is 2.46 bits per heavy atom. The molecular formula is C18H25N3O3. The topological polar surface area (TPSA) is 64.1 Å². The number of rotatable bonds is 4. The van der Waals surface area contributed by atoms with Gasteiger partial charge in [-0.15, -0.1) is 0 Å². The lowest BCUT2D eigenvalue weighted by atomic mass is 10.1. The van der Waals surface area contributed by atoms with Crippen LogP contribution in [-0.2, 0) is 9.59 Å². The molecule has 3 rings (SSSR count). The first kappa shape index (κ1) is 16.9. The van der Waals surface area contributed by atoms with Crippen LogP contribution in [-0.4, -0.2) is 77.9 Å². The van der Waals surface area contributed by atoms with Gasteiger partial charge in [0, 0.05) is 52.7 Å². The number of carbonyl (C=O) groups excluding carboxylic acids is 2. The zero-order valence-electron chi connectivity index (χ0n) is 14.1. The van der Waals surface area contributed by atoms with Crippen LogP contribution in [0.15, 0.2) is 30.3 Å². The number of β-amino-alcohol motifs (C(OH)–C–C–N with tert-alkyl or cyclic N) is 1. The molecule has 1 N–H and O–H groups in total. The number of carbonyl (C=O) groups is 2. The molecule has 24 heavy (non-hydrogen) atoms. The summed E-state index contributed by atoms with van der Waals surface area (Å²) in [7, 11) is 1.75. The fourth-order valence-electron chi connectivity index (χ4n) is 3.46. The number of piperazine rings is 1. The summed E-state index contributed by atoms with van der Waals surface area (Å²) in [5.41, 5.74) is 0.920. The van der Waals surface area contributed by atoms with Crippen molar-refractivity contribution in [3.05, 3.63) is 35.9 Å². The SMILES string of the molecule is CN1C[C@@H](C(=O)N2CCN(C[C@@H](O)c3ccccc3)CC2)CC1=O. The van der Waals surface area contributed by atoms with Gasteiger partial charge < -0.3 is 14.9 Å². The van der Waals surface area contributed by atoms with Crippen molar-refractivity contribution in [3.8, 4) is 0 Å². The van der Waals surface area contributed by atoms with E-state index in [2.05, 4.69) is 4.90 Å². The zero-order valence-corrected chi connectivity index (χ0v) is 14.1. The normalized spacial score (nSPS) is 23.6. The van der Waals surface area contributed by atoms with Crippen molar-refractivity contribution in [1.29, 1.82) is 0 Å². The van der Waals surface area contributed by atoms with Crippen molar-refractivity contribution in [1.82, 2.24) is 14.7 Å². The Bertz CT molecular complexity index is 584. The van der Waals surface area contributed by atoms with Gasteiger partial charge in [-0.25, -0.2) is 0 Å². The molecule has 2 heterocycles. The van der Waals surface area contributed by atoms with E-state index in [1.165, 1.54) is 0 Å². The maximum Gasteiger partial charge on any atom is 0.228 e. The summed E-state index contributed by atoms with van der Waals surface area (Å²) >= 11 is 0. The van der Waals surface area contributed by atoms with Gasteiger partial charge in [0.1, 0.15) is 0 Å². The summed E-state index contributed by atoms with van der Waals surface area (Å²) in [6.45, 7) is 3.95. The highest BCUT2D eigenvalue weighted by atomic mass is 16.3. The molecule has 0 bridgehead atoms. The van der Waals surface area contributed by atoms with E-state index in [9.17, 15) is 14.7 Å². The number of nitrogens with zero attached hydrogens (tertiary/aromatic N) is 3. The number of amides is 2. The number of hydrogen-bond donors (Lipinski definition) is 1. The Hall–Kier alpha value is -1.92. The third kappa shape index (κ3) is 3.76. The highest BCUT2D eigenvalue weighted by Gasteiger charge is 2.35. The Kier molecular flexibility index (Phi) is 5.16. The van der Waals surface area contributed by atoms with Gasteiger partial charge in [0.05, 0.1) is 12.0 Å². The van der Waals surface area contributed by atoms with Gasteiger partial charge in [0.25, 0.3) is 0 Å². The second kappa shape index (κ2) is 7.32. The van der Waals surface area contributed by atoms with Gasteiger partial charge in [0.15, 0.2) is 0 Å². The molecule has 2 fully saturated rings. The van der Waals surface area contributed by atoms with E-state index in [0.29, 0.717) is 32.6 Å². The maximum atomic E-state index is 12.5. The lowest BCUT2D eigenvalue weighted by Gasteiger charge is -2.36. The van der Waals surface area contributed by atoms with E-state index in [-0.39, 0.29) is 17.7 Å². The van der Waals surface area contributed by atoms with Gasteiger partial charge in [0.2, 0.25) is 11.8 Å². The molecule has 1 aromatic rings. The van der Waals surface area contributed by atoms with E-state index in [1.54, 1.807) is 11.9 Å². The van der Waals surface area contributed by atoms with Crippen LogP contribution >= 0.6 is 0 Å². The molecule has 6 nitrogen and oxygen atoms in total. The molecule has 2 saturated heterocycles. The van der Waals surface area contributed by atoms with Gasteiger partial charge in [-0.1, -0.05) is 30.3 Å². The number of hydrogen-bond acceptors (Lipinski definition) is 4. The van der Waals surface area contributed by atoms with Crippen LogP contribution in [0.3, 0.4) is 0 Å². The molecule has 6 heteroatoms. The average molecular weight is 331 g/mol. The second-order valence-electron chi connectivity index (χ2n) is 6.73. The maximum absolute atomic E-state index is 12.5. The summed E-state index contributed by atoms with van der Waals surface area (Å²) in [6.07, 6.45) is -0.169. The number of likely N-dealkylation sites (tertiary alicyclic amines) is 1. The van der Waals surface area contributed by atoms with Crippen LogP contribution in [0.1, 0.15) is 18.1 Å². The highest BCUT2D eigenvalue weighted by molar-refractivity contribution is 5.89. The van der Waals surface area contributed by atoms with Gasteiger partial charge in [-0.2, -0.15) is 0 Å². The first-order valence-corrected chi connectivity index (χ1v) is 8.52. The summed E-state index contributed by atoms with van der Waals surface area (Å²) in [5, 5.41) is 10.3. The van der Waals surface area contributed by atoms with E-state index in [1.807, 2.05) is 35.2 Å². The molecule has 2 amide bonds. The molecule has 0 radical (unpaired) electrons. The fourth-order valence-corrected chi connectivity index (χ4v) is 3.46.